The summed E-state index contributed by atoms with van der Waals surface area (Å²) in [5, 5.41) is 2.82. The van der Waals surface area contributed by atoms with Crippen LogP contribution in [0.3, 0.4) is 0 Å². The molecule has 0 fully saturated rings. The minimum absolute atomic E-state index is 0.700. The highest BCUT2D eigenvalue weighted by Gasteiger charge is 2.17. The lowest BCUT2D eigenvalue weighted by Gasteiger charge is -2.04. The second-order valence-corrected chi connectivity index (χ2v) is 5.72. The maximum Gasteiger partial charge on any atom is 0.0886 e. The minimum atomic E-state index is 0.700. The molecule has 0 saturated heterocycles. The first-order chi connectivity index (χ1) is 9.24. The molecule has 2 aromatic carbocycles. The Balaban J connectivity index is 2.24. The number of para-hydroxylation sites is 1. The minimum Gasteiger partial charge on any atom is -0.353 e. The second-order valence-electron chi connectivity index (χ2n) is 4.48. The maximum absolute atomic E-state index is 6.39. The van der Waals surface area contributed by atoms with E-state index >= 15 is 0 Å². The summed E-state index contributed by atoms with van der Waals surface area (Å²) in [6.07, 6.45) is 0. The number of H-pyrrole nitrogens is 1. The van der Waals surface area contributed by atoms with Gasteiger partial charge in [-0.05, 0) is 40.2 Å². The van der Waals surface area contributed by atoms with Gasteiger partial charge in [0.15, 0.2) is 0 Å². The standard InChI is InChI=1S/C15H8BrClN2/c16-9-5-6-11-13(14(9)17)15-12(18-11)7-8-3-1-2-4-10(8)19-15/h1-7,19H. The van der Waals surface area contributed by atoms with Gasteiger partial charge in [-0.15, -0.1) is 0 Å². The van der Waals surface area contributed by atoms with Crippen molar-refractivity contribution < 1.29 is 0 Å². The lowest BCUT2D eigenvalue weighted by Crippen LogP contribution is -1.85. The van der Waals surface area contributed by atoms with Crippen LogP contribution in [0, 0.1) is 0 Å². The van der Waals surface area contributed by atoms with E-state index in [4.69, 9.17) is 11.6 Å². The first kappa shape index (κ1) is 11.3. The van der Waals surface area contributed by atoms with E-state index in [0.717, 1.165) is 37.7 Å². The molecule has 0 unspecified atom stereocenters. The van der Waals surface area contributed by atoms with E-state index in [2.05, 4.69) is 44.1 Å². The van der Waals surface area contributed by atoms with Crippen molar-refractivity contribution >= 4 is 49.3 Å². The van der Waals surface area contributed by atoms with Gasteiger partial charge in [0, 0.05) is 20.8 Å². The molecule has 2 aliphatic rings. The lowest BCUT2D eigenvalue weighted by molar-refractivity contribution is 1.37. The van der Waals surface area contributed by atoms with Crippen molar-refractivity contribution in [2.45, 2.75) is 0 Å². The van der Waals surface area contributed by atoms with Gasteiger partial charge in [-0.2, -0.15) is 0 Å². The fraction of sp³-hybridized carbons (Fsp3) is 0. The van der Waals surface area contributed by atoms with Gasteiger partial charge in [-0.25, -0.2) is 4.98 Å². The number of halogens is 2. The van der Waals surface area contributed by atoms with Crippen LogP contribution in [0.25, 0.3) is 33.2 Å². The summed E-state index contributed by atoms with van der Waals surface area (Å²) in [6, 6.07) is 14.2. The number of aromatic nitrogens is 2. The Labute approximate surface area is 122 Å². The third-order valence-corrected chi connectivity index (χ3v) is 4.61. The second kappa shape index (κ2) is 3.95. The topological polar surface area (TPSA) is 28.7 Å². The monoisotopic (exact) mass is 330 g/mol. The zero-order valence-electron chi connectivity index (χ0n) is 9.74. The van der Waals surface area contributed by atoms with Crippen molar-refractivity contribution in [3.8, 4) is 11.4 Å². The Kier molecular flexibility index (Phi) is 2.34. The summed E-state index contributed by atoms with van der Waals surface area (Å²) in [7, 11) is 0. The molecule has 19 heavy (non-hydrogen) atoms. The number of hydrogen-bond acceptors (Lipinski definition) is 1. The Bertz CT molecular complexity index is 897. The molecule has 0 atom stereocenters. The summed E-state index contributed by atoms with van der Waals surface area (Å²) in [5.74, 6) is 0. The Morgan fingerprint density at radius 1 is 1.11 bits per heavy atom. The maximum atomic E-state index is 6.39. The average molecular weight is 332 g/mol. The lowest BCUT2D eigenvalue weighted by atomic mass is 10.1. The molecule has 4 rings (SSSR count). The van der Waals surface area contributed by atoms with Gasteiger partial charge in [0.1, 0.15) is 0 Å². The van der Waals surface area contributed by atoms with E-state index in [0.29, 0.717) is 5.02 Å². The number of benzene rings is 2. The van der Waals surface area contributed by atoms with E-state index in [1.165, 1.54) is 0 Å². The SMILES string of the molecule is Clc1c(Br)ccc2nc3cc4ccccc4[nH]c-3c12. The predicted octanol–water partition coefficient (Wildman–Crippen LogP) is 5.24. The zero-order valence-corrected chi connectivity index (χ0v) is 12.1. The summed E-state index contributed by atoms with van der Waals surface area (Å²) in [5.41, 5.74) is 3.92. The molecule has 0 amide bonds. The molecule has 0 radical (unpaired) electrons. The molecular weight excluding hydrogens is 324 g/mol. The molecule has 4 heteroatoms. The number of hydrogen-bond donors (Lipinski definition) is 1. The molecule has 0 aliphatic carbocycles. The van der Waals surface area contributed by atoms with E-state index in [1.54, 1.807) is 0 Å². The average Bonchev–Trinajstić information content (AvgIpc) is 2.78. The van der Waals surface area contributed by atoms with Crippen molar-refractivity contribution in [1.82, 2.24) is 9.97 Å². The number of aromatic amines is 1. The van der Waals surface area contributed by atoms with Gasteiger partial charge in [-0.1, -0.05) is 29.8 Å². The number of nitrogens with zero attached hydrogens (tertiary/aromatic N) is 1. The van der Waals surface area contributed by atoms with Gasteiger partial charge in [0.05, 0.1) is 21.9 Å². The highest BCUT2D eigenvalue weighted by atomic mass is 79.9. The highest BCUT2D eigenvalue weighted by molar-refractivity contribution is 9.10. The smallest absolute Gasteiger partial charge is 0.0886 e. The molecule has 0 bridgehead atoms. The molecule has 2 nitrogen and oxygen atoms in total. The van der Waals surface area contributed by atoms with E-state index in [-0.39, 0.29) is 0 Å². The third-order valence-electron chi connectivity index (χ3n) is 3.33. The van der Waals surface area contributed by atoms with Crippen LogP contribution in [0.1, 0.15) is 0 Å². The normalized spacial score (nSPS) is 11.7. The predicted molar refractivity (Wildman–Crippen MR) is 82.9 cm³/mol. The zero-order chi connectivity index (χ0) is 13.0. The molecule has 2 heterocycles. The van der Waals surface area contributed by atoms with Crippen LogP contribution in [0.15, 0.2) is 46.9 Å². The molecule has 2 aromatic rings. The fourth-order valence-corrected chi connectivity index (χ4v) is 3.02. The van der Waals surface area contributed by atoms with Gasteiger partial charge in [0.2, 0.25) is 0 Å². The van der Waals surface area contributed by atoms with Crippen molar-refractivity contribution in [2.75, 3.05) is 0 Å². The number of pyridine rings is 1. The van der Waals surface area contributed by atoms with Crippen molar-refractivity contribution in [3.63, 3.8) is 0 Å². The molecular formula is C15H8BrClN2. The van der Waals surface area contributed by atoms with Crippen LogP contribution in [0.5, 0.6) is 0 Å². The van der Waals surface area contributed by atoms with E-state index in [9.17, 15) is 0 Å². The van der Waals surface area contributed by atoms with Crippen LogP contribution >= 0.6 is 27.5 Å². The summed E-state index contributed by atoms with van der Waals surface area (Å²) >= 11 is 9.85. The summed E-state index contributed by atoms with van der Waals surface area (Å²) in [4.78, 5) is 8.06. The van der Waals surface area contributed by atoms with Gasteiger partial charge >= 0.3 is 0 Å². The van der Waals surface area contributed by atoms with Crippen LogP contribution in [-0.4, -0.2) is 9.97 Å². The molecule has 0 spiro atoms. The van der Waals surface area contributed by atoms with Gasteiger partial charge in [0.25, 0.3) is 0 Å². The summed E-state index contributed by atoms with van der Waals surface area (Å²) < 4.78 is 0.887. The van der Waals surface area contributed by atoms with Crippen molar-refractivity contribution in [2.24, 2.45) is 0 Å². The van der Waals surface area contributed by atoms with Gasteiger partial charge in [-0.3, -0.25) is 0 Å². The molecule has 0 saturated carbocycles. The number of nitrogens with one attached hydrogen (secondary N) is 1. The highest BCUT2D eigenvalue weighted by Crippen LogP contribution is 2.39. The van der Waals surface area contributed by atoms with Crippen LogP contribution < -0.4 is 0 Å². The van der Waals surface area contributed by atoms with Crippen molar-refractivity contribution in [1.29, 1.82) is 0 Å². The molecule has 1 N–H and O–H groups in total. The van der Waals surface area contributed by atoms with E-state index < -0.39 is 0 Å². The van der Waals surface area contributed by atoms with Crippen LogP contribution in [0.4, 0.5) is 0 Å². The van der Waals surface area contributed by atoms with Gasteiger partial charge < -0.3 is 4.98 Å². The molecule has 0 aromatic heterocycles. The number of fused-ring (bicyclic) bond motifs is 4. The molecule has 2 aliphatic heterocycles. The van der Waals surface area contributed by atoms with E-state index in [1.807, 2.05) is 24.3 Å². The Hall–Kier alpha value is -1.58. The first-order valence-electron chi connectivity index (χ1n) is 5.89. The Morgan fingerprint density at radius 3 is 2.84 bits per heavy atom. The molecule has 92 valence electrons. The van der Waals surface area contributed by atoms with Crippen LogP contribution in [0.2, 0.25) is 5.02 Å². The fourth-order valence-electron chi connectivity index (χ4n) is 2.43. The summed E-state index contributed by atoms with van der Waals surface area (Å²) in [6.45, 7) is 0. The largest absolute Gasteiger partial charge is 0.353 e. The number of rotatable bonds is 0. The van der Waals surface area contributed by atoms with Crippen LogP contribution in [-0.2, 0) is 0 Å². The third kappa shape index (κ3) is 1.58. The Morgan fingerprint density at radius 2 is 1.95 bits per heavy atom. The van der Waals surface area contributed by atoms with Crippen molar-refractivity contribution in [3.05, 3.63) is 52.0 Å². The quantitative estimate of drug-likeness (QED) is 0.469. The first-order valence-corrected chi connectivity index (χ1v) is 7.06.